The number of anilines is 1. The Balaban J connectivity index is 1.99. The van der Waals surface area contributed by atoms with Crippen LogP contribution in [0.5, 0.6) is 5.75 Å². The Morgan fingerprint density at radius 1 is 1.17 bits per heavy atom. The van der Waals surface area contributed by atoms with Crippen molar-refractivity contribution in [3.05, 3.63) is 65.2 Å². The lowest BCUT2D eigenvalue weighted by Gasteiger charge is -2.08. The van der Waals surface area contributed by atoms with Crippen LogP contribution in [0.15, 0.2) is 46.9 Å². The van der Waals surface area contributed by atoms with Gasteiger partial charge >= 0.3 is 0 Å². The number of amides is 1. The number of hydrogen-bond donors (Lipinski definition) is 2. The van der Waals surface area contributed by atoms with Crippen molar-refractivity contribution in [3.63, 3.8) is 0 Å². The summed E-state index contributed by atoms with van der Waals surface area (Å²) in [6.07, 6.45) is 0. The second-order valence-corrected chi connectivity index (χ2v) is 4.95. The molecule has 0 aliphatic carbocycles. The molecule has 2 aromatic carbocycles. The van der Waals surface area contributed by atoms with Crippen LogP contribution in [0.2, 0.25) is 0 Å². The fourth-order valence-electron chi connectivity index (χ4n) is 2.24. The zero-order valence-electron chi connectivity index (χ0n) is 12.5. The molecule has 1 heterocycles. The number of ether oxygens (including phenoxy) is 1. The minimum Gasteiger partial charge on any atom is -0.493 e. The van der Waals surface area contributed by atoms with Crippen LogP contribution in [0.1, 0.15) is 10.4 Å². The molecule has 0 aliphatic rings. The van der Waals surface area contributed by atoms with Crippen LogP contribution >= 0.6 is 0 Å². The van der Waals surface area contributed by atoms with Gasteiger partial charge in [-0.15, -0.1) is 0 Å². The van der Waals surface area contributed by atoms with Gasteiger partial charge in [0.05, 0.1) is 7.11 Å². The summed E-state index contributed by atoms with van der Waals surface area (Å²) < 4.78 is 36.6. The lowest BCUT2D eigenvalue weighted by atomic mass is 10.1. The first-order valence-electron chi connectivity index (χ1n) is 6.91. The predicted molar refractivity (Wildman–Crippen MR) is 82.9 cm³/mol. The van der Waals surface area contributed by atoms with E-state index in [0.717, 1.165) is 12.1 Å². The van der Waals surface area contributed by atoms with Gasteiger partial charge in [-0.3, -0.25) is 10.2 Å². The Hall–Kier alpha value is -3.22. The molecule has 0 aliphatic heterocycles. The molecule has 24 heavy (non-hydrogen) atoms. The van der Waals surface area contributed by atoms with Crippen molar-refractivity contribution in [2.75, 3.05) is 12.4 Å². The Morgan fingerprint density at radius 3 is 2.67 bits per heavy atom. The van der Waals surface area contributed by atoms with Crippen molar-refractivity contribution >= 4 is 22.6 Å². The summed E-state index contributed by atoms with van der Waals surface area (Å²) in [5.74, 6) is -2.32. The third kappa shape index (κ3) is 2.83. The highest BCUT2D eigenvalue weighted by Crippen LogP contribution is 2.24. The Morgan fingerprint density at radius 2 is 1.96 bits per heavy atom. The number of carbonyl (C=O) groups excluding carboxylic acids is 1. The Labute approximate surface area is 135 Å². The maximum absolute atomic E-state index is 13.2. The minimum absolute atomic E-state index is 0.0412. The van der Waals surface area contributed by atoms with E-state index in [0.29, 0.717) is 16.7 Å². The summed E-state index contributed by atoms with van der Waals surface area (Å²) in [6.45, 7) is 0. The molecular formula is C17H12F2N2O3. The average Bonchev–Trinajstić information content (AvgIpc) is 2.57. The van der Waals surface area contributed by atoms with Gasteiger partial charge in [0.15, 0.2) is 23.0 Å². The molecular weight excluding hydrogens is 318 g/mol. The summed E-state index contributed by atoms with van der Waals surface area (Å²) in [5, 5.41) is 10.9. The summed E-state index contributed by atoms with van der Waals surface area (Å²) in [5.41, 5.74) is 0.00554. The first-order valence-corrected chi connectivity index (χ1v) is 6.91. The Kier molecular flexibility index (Phi) is 3.99. The van der Waals surface area contributed by atoms with Crippen molar-refractivity contribution in [3.8, 4) is 5.75 Å². The standard InChI is InChI=1S/C17H12F2N2O3/c1-23-14-4-2-3-9-7-11(16(20)24-15(9)14)17(22)21-10-5-6-12(18)13(19)8-10/h2-8,20H,1H3,(H,21,22). The highest BCUT2D eigenvalue weighted by Gasteiger charge is 2.14. The Bertz CT molecular complexity index is 999. The fourth-order valence-corrected chi connectivity index (χ4v) is 2.24. The molecule has 5 nitrogen and oxygen atoms in total. The number of nitrogens with one attached hydrogen (secondary N) is 2. The summed E-state index contributed by atoms with van der Waals surface area (Å²) in [6, 6.07) is 9.55. The SMILES string of the molecule is COc1cccc2cc(C(=O)Nc3ccc(F)c(F)c3)c(=N)oc12. The zero-order chi connectivity index (χ0) is 17.3. The van der Waals surface area contributed by atoms with Crippen LogP contribution < -0.4 is 15.6 Å². The molecule has 1 aromatic heterocycles. The van der Waals surface area contributed by atoms with Gasteiger partial charge in [0.2, 0.25) is 5.55 Å². The van der Waals surface area contributed by atoms with Crippen molar-refractivity contribution in [2.45, 2.75) is 0 Å². The van der Waals surface area contributed by atoms with Crippen molar-refractivity contribution in [1.29, 1.82) is 5.41 Å². The number of carbonyl (C=O) groups is 1. The normalized spacial score (nSPS) is 10.6. The van der Waals surface area contributed by atoms with Gasteiger partial charge in [0.1, 0.15) is 5.56 Å². The molecule has 0 fully saturated rings. The van der Waals surface area contributed by atoms with E-state index in [2.05, 4.69) is 5.32 Å². The molecule has 0 bridgehead atoms. The van der Waals surface area contributed by atoms with Gasteiger partial charge < -0.3 is 14.5 Å². The molecule has 1 amide bonds. The van der Waals surface area contributed by atoms with Crippen LogP contribution in [0.4, 0.5) is 14.5 Å². The third-order valence-corrected chi connectivity index (χ3v) is 3.40. The van der Waals surface area contributed by atoms with Gasteiger partial charge in [0, 0.05) is 17.1 Å². The van der Waals surface area contributed by atoms with Crippen LogP contribution in [-0.4, -0.2) is 13.0 Å². The molecule has 0 saturated carbocycles. The molecule has 0 atom stereocenters. The maximum atomic E-state index is 13.2. The van der Waals surface area contributed by atoms with Crippen LogP contribution in [0, 0.1) is 17.0 Å². The summed E-state index contributed by atoms with van der Waals surface area (Å²) >= 11 is 0. The monoisotopic (exact) mass is 330 g/mol. The fraction of sp³-hybridized carbons (Fsp3) is 0.0588. The molecule has 0 unspecified atom stereocenters. The van der Waals surface area contributed by atoms with E-state index in [9.17, 15) is 13.6 Å². The number of methoxy groups -OCH3 is 1. The quantitative estimate of drug-likeness (QED) is 0.772. The summed E-state index contributed by atoms with van der Waals surface area (Å²) in [4.78, 5) is 12.3. The molecule has 2 N–H and O–H groups in total. The van der Waals surface area contributed by atoms with Crippen LogP contribution in [-0.2, 0) is 0 Å². The van der Waals surface area contributed by atoms with Crippen molar-refractivity contribution in [2.24, 2.45) is 0 Å². The van der Waals surface area contributed by atoms with Gasteiger partial charge in [-0.2, -0.15) is 0 Å². The first kappa shape index (κ1) is 15.7. The van der Waals surface area contributed by atoms with E-state index >= 15 is 0 Å². The van der Waals surface area contributed by atoms with E-state index in [1.165, 1.54) is 19.2 Å². The maximum Gasteiger partial charge on any atom is 0.261 e. The summed E-state index contributed by atoms with van der Waals surface area (Å²) in [7, 11) is 1.47. The van der Waals surface area contributed by atoms with E-state index in [1.807, 2.05) is 0 Å². The van der Waals surface area contributed by atoms with Gasteiger partial charge in [-0.25, -0.2) is 8.78 Å². The number of fused-ring (bicyclic) bond motifs is 1. The number of halogens is 2. The second kappa shape index (κ2) is 6.11. The molecule has 0 radical (unpaired) electrons. The number of hydrogen-bond acceptors (Lipinski definition) is 4. The molecule has 7 heteroatoms. The number of rotatable bonds is 3. The average molecular weight is 330 g/mol. The lowest BCUT2D eigenvalue weighted by molar-refractivity contribution is 0.102. The zero-order valence-corrected chi connectivity index (χ0v) is 12.5. The van der Waals surface area contributed by atoms with Gasteiger partial charge in [-0.1, -0.05) is 12.1 Å². The van der Waals surface area contributed by atoms with E-state index in [4.69, 9.17) is 14.6 Å². The molecule has 122 valence electrons. The first-order chi connectivity index (χ1) is 11.5. The molecule has 0 spiro atoms. The van der Waals surface area contributed by atoms with Gasteiger partial charge in [-0.05, 0) is 24.3 Å². The van der Waals surface area contributed by atoms with Crippen LogP contribution in [0.3, 0.4) is 0 Å². The molecule has 0 saturated heterocycles. The molecule has 3 aromatic rings. The third-order valence-electron chi connectivity index (χ3n) is 3.40. The molecule has 3 rings (SSSR count). The van der Waals surface area contributed by atoms with E-state index < -0.39 is 17.5 Å². The van der Waals surface area contributed by atoms with Crippen molar-refractivity contribution in [1.82, 2.24) is 0 Å². The number of benzene rings is 2. The highest BCUT2D eigenvalue weighted by molar-refractivity contribution is 6.05. The lowest BCUT2D eigenvalue weighted by Crippen LogP contribution is -2.21. The minimum atomic E-state index is -1.08. The number of para-hydroxylation sites is 1. The highest BCUT2D eigenvalue weighted by atomic mass is 19.2. The smallest absolute Gasteiger partial charge is 0.261 e. The largest absolute Gasteiger partial charge is 0.493 e. The van der Waals surface area contributed by atoms with Crippen molar-refractivity contribution < 1.29 is 22.7 Å². The van der Waals surface area contributed by atoms with Gasteiger partial charge in [0.25, 0.3) is 5.91 Å². The second-order valence-electron chi connectivity index (χ2n) is 4.95. The van der Waals surface area contributed by atoms with E-state index in [1.54, 1.807) is 18.2 Å². The van der Waals surface area contributed by atoms with Crippen LogP contribution in [0.25, 0.3) is 11.0 Å². The topological polar surface area (TPSA) is 75.3 Å². The predicted octanol–water partition coefficient (Wildman–Crippen LogP) is 3.45. The van der Waals surface area contributed by atoms with E-state index in [-0.39, 0.29) is 16.8 Å².